The van der Waals surface area contributed by atoms with Gasteiger partial charge in [-0.25, -0.2) is 0 Å². The smallest absolute Gasteiger partial charge is 0.307 e. The number of H-pyrrole nitrogens is 1. The Morgan fingerprint density at radius 3 is 2.94 bits per heavy atom. The van der Waals surface area contributed by atoms with Crippen molar-refractivity contribution in [1.82, 2.24) is 4.98 Å². The van der Waals surface area contributed by atoms with Gasteiger partial charge in [0, 0.05) is 11.2 Å². The first-order valence-corrected chi connectivity index (χ1v) is 5.47. The summed E-state index contributed by atoms with van der Waals surface area (Å²) in [4.78, 5) is 14.1. The molecule has 1 aliphatic carbocycles. The second kappa shape index (κ2) is 3.11. The van der Waals surface area contributed by atoms with Crippen molar-refractivity contribution in [2.75, 3.05) is 0 Å². The molecule has 1 aliphatic rings. The minimum atomic E-state index is -0.671. The lowest BCUT2D eigenvalue weighted by Crippen LogP contribution is -1.98. The van der Waals surface area contributed by atoms with Crippen LogP contribution in [-0.4, -0.2) is 16.1 Å². The molecule has 1 heterocycles. The van der Waals surface area contributed by atoms with E-state index in [9.17, 15) is 4.79 Å². The molecule has 0 amide bonds. The second-order valence-corrected chi connectivity index (χ2v) is 4.59. The molecule has 1 aromatic heterocycles. The van der Waals surface area contributed by atoms with Gasteiger partial charge in [-0.2, -0.15) is 0 Å². The van der Waals surface area contributed by atoms with Crippen LogP contribution in [0.5, 0.6) is 0 Å². The Hall–Kier alpha value is -1.77. The molecule has 0 saturated heterocycles. The number of hydrogen-bond donors (Lipinski definition) is 2. The maximum Gasteiger partial charge on any atom is 0.307 e. The van der Waals surface area contributed by atoms with Crippen molar-refractivity contribution in [2.45, 2.75) is 19.3 Å². The van der Waals surface area contributed by atoms with Crippen molar-refractivity contribution < 1.29 is 9.90 Å². The van der Waals surface area contributed by atoms with Crippen LogP contribution < -0.4 is 0 Å². The van der Waals surface area contributed by atoms with Crippen LogP contribution in [0.25, 0.3) is 10.9 Å². The summed E-state index contributed by atoms with van der Waals surface area (Å²) >= 11 is 0. The number of nitrogens with one attached hydrogen (secondary N) is 1. The number of aromatic amines is 1. The molecule has 2 unspecified atom stereocenters. The van der Waals surface area contributed by atoms with Gasteiger partial charge in [0.2, 0.25) is 0 Å². The normalized spacial score (nSPS) is 23.6. The van der Waals surface area contributed by atoms with E-state index in [2.05, 4.69) is 17.1 Å². The third kappa shape index (κ3) is 1.40. The fourth-order valence-electron chi connectivity index (χ4n) is 2.36. The summed E-state index contributed by atoms with van der Waals surface area (Å²) in [6.45, 7) is 2.02. The first kappa shape index (κ1) is 9.46. The van der Waals surface area contributed by atoms with Crippen LogP contribution in [0.4, 0.5) is 0 Å². The number of aromatic nitrogens is 1. The summed E-state index contributed by atoms with van der Waals surface area (Å²) in [6.07, 6.45) is 0.782. The van der Waals surface area contributed by atoms with Crippen LogP contribution in [0.3, 0.4) is 0 Å². The molecular formula is C13H13NO2. The van der Waals surface area contributed by atoms with E-state index in [0.717, 1.165) is 23.2 Å². The van der Waals surface area contributed by atoms with Crippen molar-refractivity contribution >= 4 is 16.9 Å². The molecule has 3 nitrogen and oxygen atoms in total. The first-order valence-electron chi connectivity index (χ1n) is 5.47. The van der Waals surface area contributed by atoms with E-state index in [0.29, 0.717) is 0 Å². The summed E-state index contributed by atoms with van der Waals surface area (Å²) in [6, 6.07) is 8.27. The van der Waals surface area contributed by atoms with Gasteiger partial charge in [0.15, 0.2) is 0 Å². The Kier molecular flexibility index (Phi) is 1.84. The molecule has 16 heavy (non-hydrogen) atoms. The molecule has 0 radical (unpaired) electrons. The number of hydrogen-bond acceptors (Lipinski definition) is 1. The molecule has 3 heteroatoms. The number of fused-ring (bicyclic) bond motifs is 1. The predicted octanol–water partition coefficient (Wildman–Crippen LogP) is 2.66. The average molecular weight is 215 g/mol. The standard InChI is InChI=1S/C13H13NO2/c1-7-4-9-5-8(2-3-12(9)14-7)10-6-11(10)13(15)16/h2-5,10-11,14H,6H2,1H3,(H,15,16). The monoisotopic (exact) mass is 215 g/mol. The van der Waals surface area contributed by atoms with Gasteiger partial charge in [0.25, 0.3) is 0 Å². The van der Waals surface area contributed by atoms with Gasteiger partial charge >= 0.3 is 5.97 Å². The van der Waals surface area contributed by atoms with E-state index in [4.69, 9.17) is 5.11 Å². The lowest BCUT2D eigenvalue weighted by atomic mass is 10.1. The van der Waals surface area contributed by atoms with Gasteiger partial charge in [-0.3, -0.25) is 4.79 Å². The maximum atomic E-state index is 10.8. The lowest BCUT2D eigenvalue weighted by Gasteiger charge is -1.98. The van der Waals surface area contributed by atoms with Gasteiger partial charge in [-0.15, -0.1) is 0 Å². The molecule has 0 aliphatic heterocycles. The largest absolute Gasteiger partial charge is 0.481 e. The highest BCUT2D eigenvalue weighted by Crippen LogP contribution is 2.47. The van der Waals surface area contributed by atoms with Crippen molar-refractivity contribution in [3.05, 3.63) is 35.5 Å². The van der Waals surface area contributed by atoms with E-state index < -0.39 is 5.97 Å². The Bertz CT molecular complexity index is 570. The summed E-state index contributed by atoms with van der Waals surface area (Å²) in [5, 5.41) is 10.1. The van der Waals surface area contributed by atoms with Crippen LogP contribution in [0.1, 0.15) is 23.6 Å². The number of carboxylic acids is 1. The molecule has 1 aromatic carbocycles. The van der Waals surface area contributed by atoms with Crippen molar-refractivity contribution in [3.8, 4) is 0 Å². The van der Waals surface area contributed by atoms with Gasteiger partial charge in [-0.1, -0.05) is 6.07 Å². The number of rotatable bonds is 2. The number of aryl methyl sites for hydroxylation is 1. The van der Waals surface area contributed by atoms with Crippen LogP contribution in [0.2, 0.25) is 0 Å². The van der Waals surface area contributed by atoms with Crippen LogP contribution in [0, 0.1) is 12.8 Å². The third-order valence-corrected chi connectivity index (χ3v) is 3.32. The Balaban J connectivity index is 1.97. The van der Waals surface area contributed by atoms with E-state index in [-0.39, 0.29) is 11.8 Å². The molecule has 1 saturated carbocycles. The molecular weight excluding hydrogens is 202 g/mol. The lowest BCUT2D eigenvalue weighted by molar-refractivity contribution is -0.138. The summed E-state index contributed by atoms with van der Waals surface area (Å²) in [5.74, 6) is -0.620. The van der Waals surface area contributed by atoms with Crippen molar-refractivity contribution in [3.63, 3.8) is 0 Å². The molecule has 0 bridgehead atoms. The van der Waals surface area contributed by atoms with E-state index in [1.807, 2.05) is 19.1 Å². The van der Waals surface area contributed by atoms with Crippen LogP contribution >= 0.6 is 0 Å². The number of carboxylic acid groups (broad SMARTS) is 1. The molecule has 0 spiro atoms. The highest BCUT2D eigenvalue weighted by molar-refractivity contribution is 5.82. The molecule has 2 N–H and O–H groups in total. The highest BCUT2D eigenvalue weighted by Gasteiger charge is 2.44. The Labute approximate surface area is 93.1 Å². The highest BCUT2D eigenvalue weighted by atomic mass is 16.4. The zero-order valence-corrected chi connectivity index (χ0v) is 9.03. The van der Waals surface area contributed by atoms with E-state index >= 15 is 0 Å². The minimum absolute atomic E-state index is 0.169. The van der Waals surface area contributed by atoms with Gasteiger partial charge in [-0.05, 0) is 48.4 Å². The summed E-state index contributed by atoms with van der Waals surface area (Å²) in [5.41, 5.74) is 3.41. The third-order valence-electron chi connectivity index (χ3n) is 3.32. The average Bonchev–Trinajstić information content (AvgIpc) is 2.94. The van der Waals surface area contributed by atoms with Gasteiger partial charge in [0.1, 0.15) is 0 Å². The predicted molar refractivity (Wildman–Crippen MR) is 61.5 cm³/mol. The summed E-state index contributed by atoms with van der Waals surface area (Å²) < 4.78 is 0. The van der Waals surface area contributed by atoms with Crippen LogP contribution in [0.15, 0.2) is 24.3 Å². The van der Waals surface area contributed by atoms with Gasteiger partial charge in [0.05, 0.1) is 5.92 Å². The first-order chi connectivity index (χ1) is 7.65. The topological polar surface area (TPSA) is 53.1 Å². The maximum absolute atomic E-state index is 10.8. The fourth-order valence-corrected chi connectivity index (χ4v) is 2.36. The molecule has 2 atom stereocenters. The molecule has 2 aromatic rings. The van der Waals surface area contributed by atoms with E-state index in [1.165, 1.54) is 5.39 Å². The zero-order valence-electron chi connectivity index (χ0n) is 9.03. The fraction of sp³-hybridized carbons (Fsp3) is 0.308. The second-order valence-electron chi connectivity index (χ2n) is 4.59. The zero-order chi connectivity index (χ0) is 11.3. The van der Waals surface area contributed by atoms with Gasteiger partial charge < -0.3 is 10.1 Å². The van der Waals surface area contributed by atoms with Crippen molar-refractivity contribution in [2.24, 2.45) is 5.92 Å². The SMILES string of the molecule is Cc1cc2cc(C3CC3C(=O)O)ccc2[nH]1. The van der Waals surface area contributed by atoms with Crippen molar-refractivity contribution in [1.29, 1.82) is 0 Å². The number of benzene rings is 1. The number of aliphatic carboxylic acids is 1. The molecule has 82 valence electrons. The quantitative estimate of drug-likeness (QED) is 0.809. The van der Waals surface area contributed by atoms with E-state index in [1.54, 1.807) is 0 Å². The number of carbonyl (C=O) groups is 1. The summed E-state index contributed by atoms with van der Waals surface area (Å²) in [7, 11) is 0. The molecule has 1 fully saturated rings. The minimum Gasteiger partial charge on any atom is -0.481 e. The van der Waals surface area contributed by atoms with Crippen LogP contribution in [-0.2, 0) is 4.79 Å². The Morgan fingerprint density at radius 1 is 1.44 bits per heavy atom. The molecule has 3 rings (SSSR count). The Morgan fingerprint density at radius 2 is 2.25 bits per heavy atom.